The Hall–Kier alpha value is -1.83. The van der Waals surface area contributed by atoms with Gasteiger partial charge in [0.25, 0.3) is 6.29 Å². The molecule has 3 fully saturated rings. The lowest BCUT2D eigenvalue weighted by Gasteiger charge is -2.47. The lowest BCUT2D eigenvalue weighted by Crippen LogP contribution is -2.53. The first-order valence-electron chi connectivity index (χ1n) is 8.94. The zero-order chi connectivity index (χ0) is 18.5. The number of esters is 1. The summed E-state index contributed by atoms with van der Waals surface area (Å²) < 4.78 is 21.8. The SMILES string of the molecule is COc1ccc([C@]23CCN(C)[C@H]2CC2(CC3)OC(=O)C(O)O2)cc1OC. The molecular formula is C19H25NO6. The number of nitrogens with zero attached hydrogens (tertiary/aromatic N) is 1. The van der Waals surface area contributed by atoms with E-state index in [-0.39, 0.29) is 11.5 Å². The van der Waals surface area contributed by atoms with Crippen molar-refractivity contribution in [2.45, 2.75) is 49.2 Å². The highest BCUT2D eigenvalue weighted by atomic mass is 16.8. The molecule has 7 nitrogen and oxygen atoms in total. The van der Waals surface area contributed by atoms with Crippen LogP contribution in [0.4, 0.5) is 0 Å². The van der Waals surface area contributed by atoms with E-state index in [0.29, 0.717) is 24.3 Å². The number of carbonyl (C=O) groups excluding carboxylic acids is 1. The van der Waals surface area contributed by atoms with Crippen molar-refractivity contribution in [3.63, 3.8) is 0 Å². The van der Waals surface area contributed by atoms with Crippen molar-refractivity contribution in [3.8, 4) is 11.5 Å². The van der Waals surface area contributed by atoms with E-state index < -0.39 is 18.0 Å². The largest absolute Gasteiger partial charge is 0.493 e. The Labute approximate surface area is 152 Å². The summed E-state index contributed by atoms with van der Waals surface area (Å²) in [6, 6.07) is 6.24. The summed E-state index contributed by atoms with van der Waals surface area (Å²) in [5.41, 5.74) is 1.13. The fraction of sp³-hybridized carbons (Fsp3) is 0.632. The number of benzene rings is 1. The van der Waals surface area contributed by atoms with Crippen LogP contribution >= 0.6 is 0 Å². The molecule has 1 aromatic rings. The van der Waals surface area contributed by atoms with E-state index >= 15 is 0 Å². The Morgan fingerprint density at radius 1 is 1.19 bits per heavy atom. The van der Waals surface area contributed by atoms with E-state index in [4.69, 9.17) is 18.9 Å². The molecule has 3 aliphatic rings. The smallest absolute Gasteiger partial charge is 0.365 e. The van der Waals surface area contributed by atoms with Gasteiger partial charge in [-0.2, -0.15) is 0 Å². The number of carbonyl (C=O) groups is 1. The Kier molecular flexibility index (Phi) is 4.13. The summed E-state index contributed by atoms with van der Waals surface area (Å²) in [7, 11) is 5.35. The number of hydrogen-bond acceptors (Lipinski definition) is 7. The number of ether oxygens (including phenoxy) is 4. The molecule has 1 spiro atoms. The minimum Gasteiger partial charge on any atom is -0.493 e. The predicted octanol–water partition coefficient (Wildman–Crippen LogP) is 1.42. The van der Waals surface area contributed by atoms with Crippen molar-refractivity contribution >= 4 is 5.97 Å². The van der Waals surface area contributed by atoms with Crippen LogP contribution in [0.15, 0.2) is 18.2 Å². The molecule has 0 radical (unpaired) electrons. The second kappa shape index (κ2) is 6.11. The van der Waals surface area contributed by atoms with E-state index in [1.165, 1.54) is 5.56 Å². The Bertz CT molecular complexity index is 724. The summed E-state index contributed by atoms with van der Waals surface area (Å²) in [4.78, 5) is 14.0. The molecule has 0 amide bonds. The van der Waals surface area contributed by atoms with Gasteiger partial charge in [-0.15, -0.1) is 0 Å². The molecule has 1 saturated carbocycles. The van der Waals surface area contributed by atoms with Gasteiger partial charge in [0.05, 0.1) is 14.2 Å². The maximum Gasteiger partial charge on any atom is 0.365 e. The number of rotatable bonds is 3. The van der Waals surface area contributed by atoms with Crippen LogP contribution in [-0.2, 0) is 19.7 Å². The number of likely N-dealkylation sites (tertiary alicyclic amines) is 1. The maximum absolute atomic E-state index is 11.7. The van der Waals surface area contributed by atoms with Gasteiger partial charge < -0.3 is 24.2 Å². The van der Waals surface area contributed by atoms with Crippen molar-refractivity contribution in [1.29, 1.82) is 0 Å². The van der Waals surface area contributed by atoms with Gasteiger partial charge in [-0.25, -0.2) is 4.79 Å². The molecule has 1 aliphatic carbocycles. The zero-order valence-electron chi connectivity index (χ0n) is 15.4. The van der Waals surface area contributed by atoms with Crippen LogP contribution in [0.3, 0.4) is 0 Å². The number of aliphatic hydroxyl groups excluding tert-OH is 1. The minimum absolute atomic E-state index is 0.0666. The van der Waals surface area contributed by atoms with Crippen LogP contribution in [0.25, 0.3) is 0 Å². The molecule has 4 rings (SSSR count). The van der Waals surface area contributed by atoms with Gasteiger partial charge in [-0.05, 0) is 44.1 Å². The lowest BCUT2D eigenvalue weighted by atomic mass is 9.64. The van der Waals surface area contributed by atoms with Gasteiger partial charge in [0, 0.05) is 24.3 Å². The maximum atomic E-state index is 11.7. The van der Waals surface area contributed by atoms with E-state index in [1.807, 2.05) is 6.07 Å². The monoisotopic (exact) mass is 363 g/mol. The lowest BCUT2D eigenvalue weighted by molar-refractivity contribution is -0.226. The zero-order valence-corrected chi connectivity index (χ0v) is 15.4. The highest BCUT2D eigenvalue weighted by molar-refractivity contribution is 5.74. The van der Waals surface area contributed by atoms with Crippen LogP contribution in [0.5, 0.6) is 11.5 Å². The third-order valence-corrected chi connectivity index (χ3v) is 6.31. The van der Waals surface area contributed by atoms with E-state index in [2.05, 4.69) is 24.1 Å². The third-order valence-electron chi connectivity index (χ3n) is 6.31. The molecule has 0 aromatic heterocycles. The molecule has 1 aromatic carbocycles. The van der Waals surface area contributed by atoms with E-state index in [0.717, 1.165) is 19.4 Å². The molecule has 7 heteroatoms. The third kappa shape index (κ3) is 2.49. The number of hydrogen-bond donors (Lipinski definition) is 1. The Balaban J connectivity index is 1.69. The second-order valence-electron chi connectivity index (χ2n) is 7.48. The summed E-state index contributed by atoms with van der Waals surface area (Å²) >= 11 is 0. The molecule has 1 N–H and O–H groups in total. The Morgan fingerprint density at radius 2 is 1.96 bits per heavy atom. The first-order chi connectivity index (χ1) is 12.4. The molecule has 4 atom stereocenters. The predicted molar refractivity (Wildman–Crippen MR) is 92.0 cm³/mol. The highest BCUT2D eigenvalue weighted by Gasteiger charge is 2.60. The van der Waals surface area contributed by atoms with Crippen LogP contribution < -0.4 is 9.47 Å². The van der Waals surface area contributed by atoms with Gasteiger partial charge in [0.1, 0.15) is 0 Å². The molecule has 0 bridgehead atoms. The van der Waals surface area contributed by atoms with Gasteiger partial charge in [-0.1, -0.05) is 6.07 Å². The topological polar surface area (TPSA) is 77.5 Å². The number of methoxy groups -OCH3 is 2. The standard InChI is InChI=1S/C19H25NO6/c1-20-9-8-18(12-4-5-13(23-2)14(10-12)24-3)6-7-19(11-15(18)20)25-16(21)17(22)26-19/h4-5,10,15-16,21H,6-9,11H2,1-3H3/t15-,16?,18-,19?/m0/s1. The van der Waals surface area contributed by atoms with Gasteiger partial charge >= 0.3 is 5.97 Å². The molecule has 2 aliphatic heterocycles. The van der Waals surface area contributed by atoms with Crippen molar-refractivity contribution < 1.29 is 28.8 Å². The van der Waals surface area contributed by atoms with Crippen molar-refractivity contribution in [1.82, 2.24) is 4.90 Å². The van der Waals surface area contributed by atoms with Gasteiger partial charge in [-0.3, -0.25) is 4.74 Å². The molecule has 26 heavy (non-hydrogen) atoms. The Morgan fingerprint density at radius 3 is 2.62 bits per heavy atom. The molecular weight excluding hydrogens is 338 g/mol. The normalized spacial score (nSPS) is 36.8. The summed E-state index contributed by atoms with van der Waals surface area (Å²) in [5, 5.41) is 9.69. The molecule has 2 saturated heterocycles. The first kappa shape index (κ1) is 17.6. The molecule has 142 valence electrons. The summed E-state index contributed by atoms with van der Waals surface area (Å²) in [6.07, 6.45) is 1.44. The average Bonchev–Trinajstić information content (AvgIpc) is 3.12. The van der Waals surface area contributed by atoms with Crippen LogP contribution in [0.1, 0.15) is 31.2 Å². The quantitative estimate of drug-likeness (QED) is 0.814. The fourth-order valence-electron chi connectivity index (χ4n) is 4.91. The van der Waals surface area contributed by atoms with Crippen LogP contribution in [0.2, 0.25) is 0 Å². The number of aliphatic hydroxyl groups is 1. The van der Waals surface area contributed by atoms with Crippen LogP contribution in [0, 0.1) is 0 Å². The summed E-state index contributed by atoms with van der Waals surface area (Å²) in [5.74, 6) is -0.282. The average molecular weight is 363 g/mol. The minimum atomic E-state index is -1.48. The number of likely N-dealkylation sites (N-methyl/N-ethyl adjacent to an activating group) is 1. The van der Waals surface area contributed by atoms with E-state index in [1.54, 1.807) is 14.2 Å². The molecule has 2 unspecified atom stereocenters. The van der Waals surface area contributed by atoms with Gasteiger partial charge in [0.15, 0.2) is 11.5 Å². The van der Waals surface area contributed by atoms with Crippen molar-refractivity contribution in [3.05, 3.63) is 23.8 Å². The van der Waals surface area contributed by atoms with Crippen molar-refractivity contribution in [2.75, 3.05) is 27.8 Å². The van der Waals surface area contributed by atoms with E-state index in [9.17, 15) is 9.90 Å². The fourth-order valence-corrected chi connectivity index (χ4v) is 4.91. The first-order valence-corrected chi connectivity index (χ1v) is 8.94. The molecule has 2 heterocycles. The number of fused-ring (bicyclic) bond motifs is 1. The highest BCUT2D eigenvalue weighted by Crippen LogP contribution is 2.54. The second-order valence-corrected chi connectivity index (χ2v) is 7.48. The summed E-state index contributed by atoms with van der Waals surface area (Å²) in [6.45, 7) is 0.950. The van der Waals surface area contributed by atoms with Crippen LogP contribution in [-0.4, -0.2) is 61.9 Å². The van der Waals surface area contributed by atoms with Gasteiger partial charge in [0.2, 0.25) is 5.79 Å². The van der Waals surface area contributed by atoms with Crippen molar-refractivity contribution in [2.24, 2.45) is 0 Å².